The molecule has 0 spiro atoms. The number of nitrogens with two attached hydrogens (primary N) is 1. The maximum absolute atomic E-state index is 13.6. The number of rotatable bonds is 9. The van der Waals surface area contributed by atoms with Gasteiger partial charge in [0.05, 0.1) is 22.1 Å². The molecule has 1 aliphatic rings. The molecule has 4 aromatic carbocycles. The van der Waals surface area contributed by atoms with E-state index in [0.717, 1.165) is 5.56 Å². The van der Waals surface area contributed by atoms with Crippen molar-refractivity contribution in [2.24, 2.45) is 0 Å². The minimum Gasteiger partial charge on any atom is -0.459 e. The largest absolute Gasteiger partial charge is 0.459 e. The Kier molecular flexibility index (Phi) is 8.76. The molecule has 2 N–H and O–H groups in total. The molecule has 1 fully saturated rings. The van der Waals surface area contributed by atoms with Crippen LogP contribution in [-0.4, -0.2) is 62.6 Å². The van der Waals surface area contributed by atoms with E-state index >= 15 is 0 Å². The number of nitrogens with zero attached hydrogens (tertiary/aromatic N) is 4. The molecule has 0 bridgehead atoms. The van der Waals surface area contributed by atoms with Crippen molar-refractivity contribution in [1.82, 2.24) is 19.7 Å². The van der Waals surface area contributed by atoms with E-state index in [4.69, 9.17) is 29.8 Å². The summed E-state index contributed by atoms with van der Waals surface area (Å²) in [4.78, 5) is 48.8. The van der Waals surface area contributed by atoms with E-state index in [9.17, 15) is 14.4 Å². The van der Waals surface area contributed by atoms with Crippen LogP contribution >= 0.6 is 0 Å². The first-order valence-corrected chi connectivity index (χ1v) is 15.4. The second-order valence-electron chi connectivity index (χ2n) is 11.1. The standard InChI is InChI=1S/C37H29N5O7/c38-32-28-29(23-13-5-1-6-14-23)41-42(33(28)40-22-39-32)34-31(49-37(45)26-19-11-4-12-20-26)30(48-36(44)25-17-9-3-10-18-25)27(47-34)21-46-35(43)24-15-7-2-8-16-24/h1-20,22,27,30-31,34H,21H2,(H2,38,39,40)/t27-,30-,31-,34-/m1/s1. The predicted molar refractivity (Wildman–Crippen MR) is 177 cm³/mol. The first-order valence-electron chi connectivity index (χ1n) is 15.4. The molecule has 2 aromatic heterocycles. The van der Waals surface area contributed by atoms with E-state index in [1.165, 1.54) is 11.0 Å². The molecule has 4 atom stereocenters. The van der Waals surface area contributed by atoms with Crippen LogP contribution in [0.25, 0.3) is 22.3 Å². The van der Waals surface area contributed by atoms with Gasteiger partial charge in [-0.1, -0.05) is 84.9 Å². The van der Waals surface area contributed by atoms with Gasteiger partial charge in [-0.3, -0.25) is 0 Å². The average molecular weight is 656 g/mol. The van der Waals surface area contributed by atoms with Crippen LogP contribution in [0.4, 0.5) is 5.82 Å². The fourth-order valence-corrected chi connectivity index (χ4v) is 5.63. The Balaban J connectivity index is 1.32. The molecule has 6 aromatic rings. The van der Waals surface area contributed by atoms with E-state index in [0.29, 0.717) is 16.6 Å². The van der Waals surface area contributed by atoms with Gasteiger partial charge in [-0.05, 0) is 36.4 Å². The van der Waals surface area contributed by atoms with Crippen molar-refractivity contribution in [3.05, 3.63) is 144 Å². The third-order valence-electron chi connectivity index (χ3n) is 7.99. The van der Waals surface area contributed by atoms with Gasteiger partial charge in [0.25, 0.3) is 0 Å². The summed E-state index contributed by atoms with van der Waals surface area (Å²) >= 11 is 0. The van der Waals surface area contributed by atoms with Gasteiger partial charge in [-0.15, -0.1) is 0 Å². The van der Waals surface area contributed by atoms with Crippen molar-refractivity contribution in [1.29, 1.82) is 0 Å². The van der Waals surface area contributed by atoms with E-state index in [1.807, 2.05) is 30.3 Å². The molecule has 0 aliphatic carbocycles. The van der Waals surface area contributed by atoms with Crippen molar-refractivity contribution < 1.29 is 33.3 Å². The Bertz CT molecular complexity index is 2090. The monoisotopic (exact) mass is 655 g/mol. The van der Waals surface area contributed by atoms with Crippen molar-refractivity contribution in [2.75, 3.05) is 12.3 Å². The van der Waals surface area contributed by atoms with E-state index in [-0.39, 0.29) is 29.2 Å². The van der Waals surface area contributed by atoms with Crippen LogP contribution in [-0.2, 0) is 18.9 Å². The molecule has 1 aliphatic heterocycles. The number of anilines is 1. The lowest BCUT2D eigenvalue weighted by molar-refractivity contribution is -0.0653. The number of esters is 3. The Labute approximate surface area is 280 Å². The van der Waals surface area contributed by atoms with Gasteiger partial charge < -0.3 is 24.7 Å². The second-order valence-corrected chi connectivity index (χ2v) is 11.1. The second kappa shape index (κ2) is 13.8. The van der Waals surface area contributed by atoms with Crippen LogP contribution in [0.5, 0.6) is 0 Å². The van der Waals surface area contributed by atoms with Crippen molar-refractivity contribution >= 4 is 34.8 Å². The van der Waals surface area contributed by atoms with Gasteiger partial charge in [0.2, 0.25) is 0 Å². The summed E-state index contributed by atoms with van der Waals surface area (Å²) in [6.07, 6.45) is -3.57. The first-order chi connectivity index (χ1) is 24.0. The van der Waals surface area contributed by atoms with Gasteiger partial charge in [-0.2, -0.15) is 5.10 Å². The first kappa shape index (κ1) is 31.2. The molecule has 1 saturated heterocycles. The van der Waals surface area contributed by atoms with Crippen LogP contribution in [0, 0.1) is 0 Å². The number of carbonyl (C=O) groups is 3. The van der Waals surface area contributed by atoms with Crippen LogP contribution < -0.4 is 5.73 Å². The summed E-state index contributed by atoms with van der Waals surface area (Å²) in [7, 11) is 0. The van der Waals surface area contributed by atoms with Gasteiger partial charge in [-0.25, -0.2) is 29.0 Å². The zero-order valence-corrected chi connectivity index (χ0v) is 25.9. The molecule has 0 radical (unpaired) electrons. The molecule has 0 saturated carbocycles. The maximum Gasteiger partial charge on any atom is 0.338 e. The molecule has 0 unspecified atom stereocenters. The number of benzene rings is 4. The zero-order chi connectivity index (χ0) is 33.7. The van der Waals surface area contributed by atoms with Gasteiger partial charge >= 0.3 is 17.9 Å². The quantitative estimate of drug-likeness (QED) is 0.160. The fraction of sp³-hybridized carbons (Fsp3) is 0.135. The minimum atomic E-state index is -1.29. The van der Waals surface area contributed by atoms with Crippen molar-refractivity contribution in [3.63, 3.8) is 0 Å². The smallest absolute Gasteiger partial charge is 0.338 e. The summed E-state index contributed by atoms with van der Waals surface area (Å²) in [5.41, 5.74) is 8.67. The molecule has 12 nitrogen and oxygen atoms in total. The van der Waals surface area contributed by atoms with Gasteiger partial charge in [0.15, 0.2) is 24.1 Å². The number of aromatic nitrogens is 4. The highest BCUT2D eigenvalue weighted by Crippen LogP contribution is 2.39. The SMILES string of the molecule is Nc1ncnc2c1c(-c1ccccc1)nn2[C@@H]1O[C@H](COC(=O)c2ccccc2)[C@@H](OC(=O)c2ccccc2)[C@H]1OC(=O)c1ccccc1. The Morgan fingerprint density at radius 3 is 1.76 bits per heavy atom. The minimum absolute atomic E-state index is 0.173. The third kappa shape index (κ3) is 6.45. The van der Waals surface area contributed by atoms with Crippen LogP contribution in [0.2, 0.25) is 0 Å². The Morgan fingerprint density at radius 2 is 1.18 bits per heavy atom. The average Bonchev–Trinajstić information content (AvgIpc) is 3.70. The normalized spacial score (nSPS) is 18.5. The molecule has 12 heteroatoms. The number of hydrogen-bond acceptors (Lipinski definition) is 11. The number of fused-ring (bicyclic) bond motifs is 1. The number of nitrogen functional groups attached to an aromatic ring is 1. The number of ether oxygens (including phenoxy) is 4. The van der Waals surface area contributed by atoms with Crippen molar-refractivity contribution in [2.45, 2.75) is 24.5 Å². The summed E-state index contributed by atoms with van der Waals surface area (Å²) in [5, 5.41) is 5.30. The lowest BCUT2D eigenvalue weighted by Crippen LogP contribution is -2.41. The van der Waals surface area contributed by atoms with Crippen LogP contribution in [0.15, 0.2) is 128 Å². The molecule has 7 rings (SSSR count). The summed E-state index contributed by atoms with van der Waals surface area (Å²) < 4.78 is 25.7. The topological polar surface area (TPSA) is 158 Å². The molecule has 3 heterocycles. The number of carbonyl (C=O) groups excluding carboxylic acids is 3. The molecule has 49 heavy (non-hydrogen) atoms. The fourth-order valence-electron chi connectivity index (χ4n) is 5.63. The Hall–Kier alpha value is -6.40. The summed E-state index contributed by atoms with van der Waals surface area (Å²) in [5.74, 6) is -1.84. The van der Waals surface area contributed by atoms with Crippen LogP contribution in [0.1, 0.15) is 37.3 Å². The number of hydrogen-bond donors (Lipinski definition) is 1. The lowest BCUT2D eigenvalue weighted by Gasteiger charge is -2.24. The summed E-state index contributed by atoms with van der Waals surface area (Å²) in [6, 6.07) is 34.4. The molecule has 244 valence electrons. The molecular weight excluding hydrogens is 626 g/mol. The highest BCUT2D eigenvalue weighted by Gasteiger charge is 2.52. The van der Waals surface area contributed by atoms with Gasteiger partial charge in [0, 0.05) is 5.56 Å². The van der Waals surface area contributed by atoms with E-state index in [2.05, 4.69) is 9.97 Å². The van der Waals surface area contributed by atoms with Crippen molar-refractivity contribution in [3.8, 4) is 11.3 Å². The Morgan fingerprint density at radius 1 is 0.673 bits per heavy atom. The lowest BCUT2D eigenvalue weighted by atomic mass is 10.1. The highest BCUT2D eigenvalue weighted by atomic mass is 16.7. The van der Waals surface area contributed by atoms with Gasteiger partial charge in [0.1, 0.15) is 30.5 Å². The van der Waals surface area contributed by atoms with E-state index in [1.54, 1.807) is 91.0 Å². The predicted octanol–water partition coefficient (Wildman–Crippen LogP) is 5.28. The molecular formula is C37H29N5O7. The maximum atomic E-state index is 13.6. The zero-order valence-electron chi connectivity index (χ0n) is 25.9. The van der Waals surface area contributed by atoms with E-state index < -0.39 is 42.4 Å². The highest BCUT2D eigenvalue weighted by molar-refractivity contribution is 5.98. The molecule has 0 amide bonds. The summed E-state index contributed by atoms with van der Waals surface area (Å²) in [6.45, 7) is -0.349. The van der Waals surface area contributed by atoms with Crippen LogP contribution in [0.3, 0.4) is 0 Å². The third-order valence-corrected chi connectivity index (χ3v) is 7.99.